The number of para-hydroxylation sites is 2. The van der Waals surface area contributed by atoms with Crippen molar-refractivity contribution < 1.29 is 19.4 Å². The smallest absolute Gasteiger partial charge is 0.345 e. The predicted molar refractivity (Wildman–Crippen MR) is 132 cm³/mol. The number of carbonyl (C=O) groups excluding carboxylic acids is 1. The van der Waals surface area contributed by atoms with Crippen molar-refractivity contribution in [2.75, 3.05) is 37.4 Å². The molecule has 2 heterocycles. The van der Waals surface area contributed by atoms with Gasteiger partial charge in [-0.2, -0.15) is 0 Å². The molecule has 1 aliphatic heterocycles. The van der Waals surface area contributed by atoms with Crippen LogP contribution in [0.15, 0.2) is 60.7 Å². The van der Waals surface area contributed by atoms with Gasteiger partial charge < -0.3 is 25.4 Å². The normalized spacial score (nSPS) is 14.0. The Kier molecular flexibility index (Phi) is 7.14. The van der Waals surface area contributed by atoms with Crippen molar-refractivity contribution in [2.45, 2.75) is 12.8 Å². The van der Waals surface area contributed by atoms with Crippen LogP contribution in [0.4, 0.5) is 16.2 Å². The molecule has 0 radical (unpaired) electrons. The Morgan fingerprint density at radius 1 is 1.09 bits per heavy atom. The molecule has 172 valence electrons. The van der Waals surface area contributed by atoms with E-state index in [0.717, 1.165) is 35.5 Å². The van der Waals surface area contributed by atoms with Crippen LogP contribution in [0.3, 0.4) is 0 Å². The zero-order valence-corrected chi connectivity index (χ0v) is 19.2. The van der Waals surface area contributed by atoms with E-state index in [1.54, 1.807) is 13.2 Å². The number of ether oxygens (including phenoxy) is 1. The molecule has 0 aliphatic carbocycles. The summed E-state index contributed by atoms with van der Waals surface area (Å²) in [5.74, 6) is 0.224. The lowest BCUT2D eigenvalue weighted by molar-refractivity contribution is 0.0702. The van der Waals surface area contributed by atoms with E-state index in [9.17, 15) is 9.59 Å². The Hall–Kier alpha value is -3.52. The van der Waals surface area contributed by atoms with Gasteiger partial charge in [-0.3, -0.25) is 0 Å². The third kappa shape index (κ3) is 5.64. The van der Waals surface area contributed by atoms with Crippen molar-refractivity contribution >= 4 is 34.7 Å². The Labute approximate surface area is 197 Å². The fourth-order valence-corrected chi connectivity index (χ4v) is 4.78. The van der Waals surface area contributed by atoms with E-state index in [-0.39, 0.29) is 6.03 Å². The van der Waals surface area contributed by atoms with Crippen molar-refractivity contribution in [3.63, 3.8) is 0 Å². The first kappa shape index (κ1) is 22.7. The molecule has 0 saturated carbocycles. The van der Waals surface area contributed by atoms with Crippen LogP contribution in [-0.4, -0.2) is 48.8 Å². The molecule has 0 unspecified atom stereocenters. The van der Waals surface area contributed by atoms with Crippen molar-refractivity contribution in [1.82, 2.24) is 4.90 Å². The van der Waals surface area contributed by atoms with Gasteiger partial charge in [-0.15, -0.1) is 11.3 Å². The minimum absolute atomic E-state index is 0.102. The number of aromatic carboxylic acids is 1. The highest BCUT2D eigenvalue weighted by molar-refractivity contribution is 7.17. The van der Waals surface area contributed by atoms with E-state index >= 15 is 0 Å². The molecule has 8 heteroatoms. The highest BCUT2D eigenvalue weighted by atomic mass is 32.1. The van der Waals surface area contributed by atoms with Gasteiger partial charge in [0.1, 0.15) is 10.6 Å². The van der Waals surface area contributed by atoms with Crippen molar-refractivity contribution in [3.8, 4) is 16.2 Å². The van der Waals surface area contributed by atoms with E-state index in [1.165, 1.54) is 11.3 Å². The van der Waals surface area contributed by atoms with Crippen LogP contribution in [0.5, 0.6) is 5.75 Å². The number of benzene rings is 2. The third-order valence-electron chi connectivity index (χ3n) is 5.81. The van der Waals surface area contributed by atoms with Crippen LogP contribution in [0.25, 0.3) is 10.4 Å². The first-order valence-electron chi connectivity index (χ1n) is 10.9. The molecule has 0 spiro atoms. The average Bonchev–Trinajstić information content (AvgIpc) is 3.34. The number of carboxylic acid groups (broad SMARTS) is 1. The van der Waals surface area contributed by atoms with Gasteiger partial charge in [-0.05, 0) is 60.7 Å². The molecular formula is C25H27N3O4S. The summed E-state index contributed by atoms with van der Waals surface area (Å²) in [6.07, 6.45) is 1.86. The molecule has 0 atom stereocenters. The minimum atomic E-state index is -0.900. The second-order valence-electron chi connectivity index (χ2n) is 7.99. The molecule has 1 aliphatic rings. The molecule has 1 fully saturated rings. The first-order valence-corrected chi connectivity index (χ1v) is 11.7. The average molecular weight is 466 g/mol. The van der Waals surface area contributed by atoms with Gasteiger partial charge in [0.05, 0.1) is 12.8 Å². The molecule has 2 amide bonds. The van der Waals surface area contributed by atoms with Crippen LogP contribution in [0, 0.1) is 5.92 Å². The van der Waals surface area contributed by atoms with Crippen molar-refractivity contribution in [2.24, 2.45) is 5.92 Å². The number of methoxy groups -OCH3 is 1. The summed E-state index contributed by atoms with van der Waals surface area (Å²) in [5.41, 5.74) is 2.68. The number of carboxylic acids is 1. The highest BCUT2D eigenvalue weighted by Crippen LogP contribution is 2.30. The molecule has 3 aromatic rings. The van der Waals surface area contributed by atoms with Gasteiger partial charge in [-0.1, -0.05) is 24.3 Å². The predicted octanol–water partition coefficient (Wildman–Crippen LogP) is 5.48. The summed E-state index contributed by atoms with van der Waals surface area (Å²) >= 11 is 1.28. The Bertz CT molecular complexity index is 1120. The van der Waals surface area contributed by atoms with Gasteiger partial charge >= 0.3 is 12.0 Å². The number of hydrogen-bond acceptors (Lipinski definition) is 5. The quantitative estimate of drug-likeness (QED) is 0.430. The van der Waals surface area contributed by atoms with Crippen molar-refractivity contribution in [3.05, 3.63) is 65.5 Å². The van der Waals surface area contributed by atoms with Crippen LogP contribution in [0.2, 0.25) is 0 Å². The van der Waals surface area contributed by atoms with E-state index in [2.05, 4.69) is 10.6 Å². The van der Waals surface area contributed by atoms with Gasteiger partial charge in [-0.25, -0.2) is 9.59 Å². The zero-order valence-electron chi connectivity index (χ0n) is 18.4. The molecule has 3 N–H and O–H groups in total. The van der Waals surface area contributed by atoms with E-state index in [1.807, 2.05) is 59.5 Å². The van der Waals surface area contributed by atoms with Crippen LogP contribution >= 0.6 is 11.3 Å². The fraction of sp³-hybridized carbons (Fsp3) is 0.280. The number of thiophene rings is 1. The standard InChI is InChI=1S/C25H27N3O4S/c1-32-21-8-3-2-7-20(21)27-25(31)28-13-11-17(12-14-28)16-26-19-6-4-5-18(15-19)22-9-10-23(33-22)24(29)30/h2-10,15,17,26H,11-14,16H2,1H3,(H,27,31)(H,29,30). The maximum Gasteiger partial charge on any atom is 0.345 e. The SMILES string of the molecule is COc1ccccc1NC(=O)N1CCC(CNc2cccc(-c3ccc(C(=O)O)s3)c2)CC1. The number of hydrogen-bond donors (Lipinski definition) is 3. The molecule has 33 heavy (non-hydrogen) atoms. The maximum absolute atomic E-state index is 12.6. The Balaban J connectivity index is 1.27. The molecule has 1 aromatic heterocycles. The lowest BCUT2D eigenvalue weighted by atomic mass is 9.97. The summed E-state index contributed by atoms with van der Waals surface area (Å²) in [4.78, 5) is 26.9. The Morgan fingerprint density at radius 3 is 2.61 bits per heavy atom. The summed E-state index contributed by atoms with van der Waals surface area (Å²) in [6.45, 7) is 2.25. The molecule has 2 aromatic carbocycles. The summed E-state index contributed by atoms with van der Waals surface area (Å²) in [6, 6.07) is 18.8. The molecular weight excluding hydrogens is 438 g/mol. The number of nitrogens with zero attached hydrogens (tertiary/aromatic N) is 1. The largest absolute Gasteiger partial charge is 0.495 e. The monoisotopic (exact) mass is 465 g/mol. The van der Waals surface area contributed by atoms with Crippen molar-refractivity contribution in [1.29, 1.82) is 0 Å². The number of rotatable bonds is 7. The second kappa shape index (κ2) is 10.4. The maximum atomic E-state index is 12.6. The summed E-state index contributed by atoms with van der Waals surface area (Å²) < 4.78 is 5.31. The zero-order chi connectivity index (χ0) is 23.2. The number of anilines is 2. The lowest BCUT2D eigenvalue weighted by Gasteiger charge is -2.32. The van der Waals surface area contributed by atoms with E-state index in [4.69, 9.17) is 9.84 Å². The van der Waals surface area contributed by atoms with Crippen LogP contribution in [-0.2, 0) is 0 Å². The number of likely N-dealkylation sites (tertiary alicyclic amines) is 1. The van der Waals surface area contributed by atoms with E-state index < -0.39 is 5.97 Å². The number of nitrogens with one attached hydrogen (secondary N) is 2. The van der Waals surface area contributed by atoms with Gasteiger partial charge in [0.15, 0.2) is 0 Å². The summed E-state index contributed by atoms with van der Waals surface area (Å²) in [7, 11) is 1.59. The molecule has 1 saturated heterocycles. The minimum Gasteiger partial charge on any atom is -0.495 e. The fourth-order valence-electron chi connectivity index (χ4n) is 3.93. The van der Waals surface area contributed by atoms with Gasteiger partial charge in [0.2, 0.25) is 0 Å². The topological polar surface area (TPSA) is 90.9 Å². The number of urea groups is 1. The molecule has 7 nitrogen and oxygen atoms in total. The number of carbonyl (C=O) groups is 2. The number of amides is 2. The number of piperidine rings is 1. The first-order chi connectivity index (χ1) is 16.0. The summed E-state index contributed by atoms with van der Waals surface area (Å²) in [5, 5.41) is 15.6. The lowest BCUT2D eigenvalue weighted by Crippen LogP contribution is -2.42. The highest BCUT2D eigenvalue weighted by Gasteiger charge is 2.23. The second-order valence-corrected chi connectivity index (χ2v) is 9.08. The van der Waals surface area contributed by atoms with E-state index in [0.29, 0.717) is 35.3 Å². The third-order valence-corrected chi connectivity index (χ3v) is 6.93. The molecule has 4 rings (SSSR count). The van der Waals surface area contributed by atoms with Gasteiger partial charge in [0, 0.05) is 30.2 Å². The Morgan fingerprint density at radius 2 is 1.88 bits per heavy atom. The van der Waals surface area contributed by atoms with Crippen LogP contribution < -0.4 is 15.4 Å². The van der Waals surface area contributed by atoms with Gasteiger partial charge in [0.25, 0.3) is 0 Å². The molecule has 0 bridgehead atoms. The van der Waals surface area contributed by atoms with Crippen LogP contribution in [0.1, 0.15) is 22.5 Å².